The molecule has 2 unspecified atom stereocenters. The van der Waals surface area contributed by atoms with Crippen LogP contribution in [0, 0.1) is 5.41 Å². The first kappa shape index (κ1) is 23.2. The lowest BCUT2D eigenvalue weighted by atomic mass is 9.85. The summed E-state index contributed by atoms with van der Waals surface area (Å²) in [6.45, 7) is 5.90. The van der Waals surface area contributed by atoms with Gasteiger partial charge in [-0.2, -0.15) is 0 Å². The molecule has 2 aliphatic heterocycles. The Labute approximate surface area is 188 Å². The van der Waals surface area contributed by atoms with E-state index in [0.29, 0.717) is 18.8 Å². The predicted octanol–water partition coefficient (Wildman–Crippen LogP) is 0.398. The van der Waals surface area contributed by atoms with Crippen molar-refractivity contribution in [3.05, 3.63) is 11.9 Å². The van der Waals surface area contributed by atoms with Gasteiger partial charge in [0.1, 0.15) is 21.9 Å². The molecule has 3 atom stereocenters. The number of aromatic nitrogens is 3. The van der Waals surface area contributed by atoms with Crippen molar-refractivity contribution in [3.8, 4) is 0 Å². The molecule has 1 aliphatic carbocycles. The Morgan fingerprint density at radius 1 is 1.19 bits per heavy atom. The number of nitrogens with one attached hydrogen (secondary N) is 1. The van der Waals surface area contributed by atoms with Gasteiger partial charge in [-0.25, -0.2) is 13.1 Å². The second-order valence-corrected chi connectivity index (χ2v) is 12.8. The first-order chi connectivity index (χ1) is 14.9. The van der Waals surface area contributed by atoms with Crippen molar-refractivity contribution in [1.82, 2.24) is 25.2 Å². The molecule has 3 fully saturated rings. The summed E-state index contributed by atoms with van der Waals surface area (Å²) in [5.41, 5.74) is 0.396. The molecule has 3 heterocycles. The van der Waals surface area contributed by atoms with Crippen molar-refractivity contribution in [2.75, 3.05) is 18.1 Å². The van der Waals surface area contributed by atoms with Crippen LogP contribution < -0.4 is 5.32 Å². The highest BCUT2D eigenvalue weighted by molar-refractivity contribution is 7.91. The van der Waals surface area contributed by atoms with Crippen LogP contribution in [0.2, 0.25) is 0 Å². The number of aliphatic hydroxyl groups excluding tert-OH is 1. The maximum Gasteiger partial charge on any atom is 0.248 e. The van der Waals surface area contributed by atoms with Crippen LogP contribution in [0.5, 0.6) is 0 Å². The van der Waals surface area contributed by atoms with Crippen LogP contribution in [0.3, 0.4) is 0 Å². The summed E-state index contributed by atoms with van der Waals surface area (Å²) in [4.78, 5) is 28.2. The number of nitrogens with zero attached hydrogens (tertiary/aromatic N) is 4. The molecular weight excluding hydrogens is 434 g/mol. The molecule has 11 heteroatoms. The molecule has 3 aliphatic rings. The van der Waals surface area contributed by atoms with Crippen LogP contribution >= 0.6 is 0 Å². The van der Waals surface area contributed by atoms with Crippen LogP contribution in [-0.2, 0) is 19.4 Å². The Morgan fingerprint density at radius 3 is 2.44 bits per heavy atom. The maximum absolute atomic E-state index is 13.7. The fourth-order valence-corrected chi connectivity index (χ4v) is 6.15. The quantitative estimate of drug-likeness (QED) is 0.640. The van der Waals surface area contributed by atoms with Crippen molar-refractivity contribution < 1.29 is 23.1 Å². The zero-order chi connectivity index (χ0) is 23.3. The molecule has 1 aromatic heterocycles. The summed E-state index contributed by atoms with van der Waals surface area (Å²) < 4.78 is 24.9. The second kappa shape index (κ2) is 8.40. The topological polar surface area (TPSA) is 134 Å². The van der Waals surface area contributed by atoms with Crippen molar-refractivity contribution in [1.29, 1.82) is 0 Å². The predicted molar refractivity (Wildman–Crippen MR) is 116 cm³/mol. The lowest BCUT2D eigenvalue weighted by molar-refractivity contribution is -0.144. The number of hydrogen-bond acceptors (Lipinski definition) is 7. The van der Waals surface area contributed by atoms with Gasteiger partial charge in [-0.05, 0) is 31.1 Å². The van der Waals surface area contributed by atoms with Gasteiger partial charge in [0.05, 0.1) is 23.3 Å². The average Bonchev–Trinajstić information content (AvgIpc) is 3.30. The Bertz CT molecular complexity index is 967. The molecule has 1 aromatic rings. The summed E-state index contributed by atoms with van der Waals surface area (Å²) in [7, 11) is -3.03. The van der Waals surface area contributed by atoms with E-state index in [-0.39, 0.29) is 42.3 Å². The van der Waals surface area contributed by atoms with E-state index in [2.05, 4.69) is 15.6 Å². The van der Waals surface area contributed by atoms with Gasteiger partial charge in [0.2, 0.25) is 11.8 Å². The third-order valence-electron chi connectivity index (χ3n) is 6.61. The van der Waals surface area contributed by atoms with E-state index in [1.54, 1.807) is 4.68 Å². The van der Waals surface area contributed by atoms with Crippen LogP contribution in [0.25, 0.3) is 0 Å². The van der Waals surface area contributed by atoms with Crippen molar-refractivity contribution in [3.63, 3.8) is 0 Å². The first-order valence-corrected chi connectivity index (χ1v) is 13.2. The van der Waals surface area contributed by atoms with E-state index < -0.39 is 33.4 Å². The van der Waals surface area contributed by atoms with E-state index in [1.165, 1.54) is 4.90 Å². The summed E-state index contributed by atoms with van der Waals surface area (Å²) in [6.07, 6.45) is 4.08. The molecule has 0 spiro atoms. The van der Waals surface area contributed by atoms with Crippen LogP contribution in [0.15, 0.2) is 6.20 Å². The normalized spacial score (nSPS) is 27.3. The molecule has 10 nitrogen and oxygen atoms in total. The van der Waals surface area contributed by atoms with Crippen molar-refractivity contribution in [2.45, 2.75) is 83.0 Å². The van der Waals surface area contributed by atoms with Crippen LogP contribution in [0.4, 0.5) is 0 Å². The largest absolute Gasteiger partial charge is 0.391 e. The lowest BCUT2D eigenvalue weighted by Crippen LogP contribution is -2.52. The van der Waals surface area contributed by atoms with Gasteiger partial charge in [-0.15, -0.1) is 5.10 Å². The molecule has 178 valence electrons. The van der Waals surface area contributed by atoms with Gasteiger partial charge in [-0.3, -0.25) is 9.59 Å². The fourth-order valence-electron chi connectivity index (χ4n) is 4.66. The minimum absolute atomic E-state index is 0.0512. The van der Waals surface area contributed by atoms with E-state index in [9.17, 15) is 23.1 Å². The molecule has 32 heavy (non-hydrogen) atoms. The number of sulfone groups is 1. The standard InChI is InChI=1S/C21H33N5O5S/c1-21(2,3)18(26-12-16(23-24-26)13-4-5-13)20(29)25-11-15(27)10-17(25)19(28)22-14-6-8-32(30,31)9-7-14/h12-15,17-18,27H,4-11H2,1-3H3,(H,22,28)/t15?,17?,18-/m1/s1. The molecule has 1 saturated carbocycles. The highest BCUT2D eigenvalue weighted by atomic mass is 32.2. The minimum atomic E-state index is -3.03. The van der Waals surface area contributed by atoms with E-state index in [4.69, 9.17) is 0 Å². The summed E-state index contributed by atoms with van der Waals surface area (Å²) in [5.74, 6) is -0.103. The average molecular weight is 468 g/mol. The summed E-state index contributed by atoms with van der Waals surface area (Å²) >= 11 is 0. The smallest absolute Gasteiger partial charge is 0.248 e. The molecule has 0 bridgehead atoms. The molecule has 4 rings (SSSR count). The molecule has 2 amide bonds. The van der Waals surface area contributed by atoms with Gasteiger partial charge >= 0.3 is 0 Å². The second-order valence-electron chi connectivity index (χ2n) is 10.5. The third-order valence-corrected chi connectivity index (χ3v) is 8.32. The Hall–Kier alpha value is -2.01. The number of carbonyl (C=O) groups excluding carboxylic acids is 2. The molecule has 2 N–H and O–H groups in total. The number of likely N-dealkylation sites (tertiary alicyclic amines) is 1. The van der Waals surface area contributed by atoms with Crippen molar-refractivity contribution >= 4 is 21.7 Å². The number of rotatable bonds is 5. The fraction of sp³-hybridized carbons (Fsp3) is 0.810. The highest BCUT2D eigenvalue weighted by Gasteiger charge is 2.46. The molecule has 0 aromatic carbocycles. The zero-order valence-corrected chi connectivity index (χ0v) is 19.7. The third kappa shape index (κ3) is 4.98. The Balaban J connectivity index is 1.51. The van der Waals surface area contributed by atoms with Gasteiger partial charge in [0.25, 0.3) is 0 Å². The number of hydrogen-bond donors (Lipinski definition) is 2. The Morgan fingerprint density at radius 2 is 1.84 bits per heavy atom. The van der Waals surface area contributed by atoms with Crippen LogP contribution in [-0.4, -0.2) is 81.5 Å². The highest BCUT2D eigenvalue weighted by Crippen LogP contribution is 2.40. The molecule has 2 saturated heterocycles. The number of aliphatic hydroxyl groups is 1. The summed E-state index contributed by atoms with van der Waals surface area (Å²) in [6, 6.07) is -1.70. The zero-order valence-electron chi connectivity index (χ0n) is 18.9. The lowest BCUT2D eigenvalue weighted by Gasteiger charge is -2.35. The van der Waals surface area contributed by atoms with Gasteiger partial charge < -0.3 is 15.3 Å². The molecule has 0 radical (unpaired) electrons. The SMILES string of the molecule is CC(C)(C)[C@@H](C(=O)N1CC(O)CC1C(=O)NC1CCS(=O)(=O)CC1)n1cc(C2CC2)nn1. The summed E-state index contributed by atoms with van der Waals surface area (Å²) in [5, 5.41) is 21.7. The van der Waals surface area contributed by atoms with Gasteiger partial charge in [-0.1, -0.05) is 26.0 Å². The number of β-amino-alcohol motifs (C(OH)–C–C–N with tert-alkyl or cyclic N) is 1. The monoisotopic (exact) mass is 467 g/mol. The van der Waals surface area contributed by atoms with Gasteiger partial charge in [0.15, 0.2) is 0 Å². The minimum Gasteiger partial charge on any atom is -0.391 e. The van der Waals surface area contributed by atoms with E-state index >= 15 is 0 Å². The first-order valence-electron chi connectivity index (χ1n) is 11.4. The van der Waals surface area contributed by atoms with Crippen molar-refractivity contribution in [2.24, 2.45) is 5.41 Å². The van der Waals surface area contributed by atoms with Gasteiger partial charge in [0, 0.05) is 31.1 Å². The number of amides is 2. The van der Waals surface area contributed by atoms with E-state index in [0.717, 1.165) is 18.5 Å². The number of carbonyl (C=O) groups is 2. The maximum atomic E-state index is 13.7. The van der Waals surface area contributed by atoms with E-state index in [1.807, 2.05) is 27.0 Å². The molecular formula is C21H33N5O5S. The Kier molecular flexibility index (Phi) is 6.08. The van der Waals surface area contributed by atoms with Crippen LogP contribution in [0.1, 0.15) is 70.5 Å².